The lowest BCUT2D eigenvalue weighted by molar-refractivity contribution is 0.102. The lowest BCUT2D eigenvalue weighted by Crippen LogP contribution is -2.19. The standard InChI is InChI=1S/C16H17FN2O2S/c17-14-8-12(19-16(20)11-5-7-22-10-11)3-4-15(14)18-9-13-2-1-6-21-13/h3-5,7-8,10,13,18H,1-2,6,9H2,(H,19,20). The number of anilines is 2. The number of hydrogen-bond donors (Lipinski definition) is 2. The summed E-state index contributed by atoms with van der Waals surface area (Å²) in [5.41, 5.74) is 1.44. The number of amides is 1. The molecule has 1 aromatic heterocycles. The van der Waals surface area contributed by atoms with Gasteiger partial charge >= 0.3 is 0 Å². The summed E-state index contributed by atoms with van der Waals surface area (Å²) >= 11 is 1.45. The van der Waals surface area contributed by atoms with Crippen molar-refractivity contribution in [2.45, 2.75) is 18.9 Å². The predicted octanol–water partition coefficient (Wildman–Crippen LogP) is 3.73. The summed E-state index contributed by atoms with van der Waals surface area (Å²) in [4.78, 5) is 11.9. The minimum absolute atomic E-state index is 0.150. The van der Waals surface area contributed by atoms with Gasteiger partial charge in [0.15, 0.2) is 0 Å². The van der Waals surface area contributed by atoms with Gasteiger partial charge in [-0.3, -0.25) is 4.79 Å². The van der Waals surface area contributed by atoms with Gasteiger partial charge in [-0.25, -0.2) is 4.39 Å². The summed E-state index contributed by atoms with van der Waals surface area (Å²) in [6.07, 6.45) is 2.21. The van der Waals surface area contributed by atoms with Crippen molar-refractivity contribution in [3.8, 4) is 0 Å². The van der Waals surface area contributed by atoms with Gasteiger partial charge in [-0.2, -0.15) is 11.3 Å². The number of carbonyl (C=O) groups excluding carboxylic acids is 1. The first kappa shape index (κ1) is 15.0. The number of ether oxygens (including phenoxy) is 1. The van der Waals surface area contributed by atoms with Crippen molar-refractivity contribution in [2.75, 3.05) is 23.8 Å². The first-order chi connectivity index (χ1) is 10.7. The van der Waals surface area contributed by atoms with E-state index in [1.807, 2.05) is 5.38 Å². The summed E-state index contributed by atoms with van der Waals surface area (Å²) in [5.74, 6) is -0.623. The van der Waals surface area contributed by atoms with Crippen LogP contribution in [0.4, 0.5) is 15.8 Å². The van der Waals surface area contributed by atoms with E-state index in [1.54, 1.807) is 23.6 Å². The molecule has 1 aliphatic heterocycles. The van der Waals surface area contributed by atoms with Gasteiger partial charge in [-0.15, -0.1) is 0 Å². The Morgan fingerprint density at radius 3 is 3.00 bits per heavy atom. The van der Waals surface area contributed by atoms with E-state index >= 15 is 0 Å². The largest absolute Gasteiger partial charge is 0.380 e. The van der Waals surface area contributed by atoms with Gasteiger partial charge in [0.25, 0.3) is 5.91 Å². The number of thiophene rings is 1. The van der Waals surface area contributed by atoms with E-state index in [0.29, 0.717) is 23.5 Å². The molecule has 3 rings (SSSR count). The van der Waals surface area contributed by atoms with Crippen molar-refractivity contribution in [3.05, 3.63) is 46.4 Å². The molecule has 4 nitrogen and oxygen atoms in total. The normalized spacial score (nSPS) is 17.4. The summed E-state index contributed by atoms with van der Waals surface area (Å²) in [7, 11) is 0. The molecular formula is C16H17FN2O2S. The molecule has 0 spiro atoms. The van der Waals surface area contributed by atoms with E-state index < -0.39 is 0 Å². The fourth-order valence-electron chi connectivity index (χ4n) is 2.36. The van der Waals surface area contributed by atoms with Gasteiger partial charge in [0.2, 0.25) is 0 Å². The van der Waals surface area contributed by atoms with Gasteiger partial charge in [0.1, 0.15) is 5.82 Å². The molecule has 0 saturated carbocycles. The van der Waals surface area contributed by atoms with Crippen molar-refractivity contribution in [1.29, 1.82) is 0 Å². The van der Waals surface area contributed by atoms with Gasteiger partial charge in [-0.05, 0) is 42.5 Å². The third-order valence-electron chi connectivity index (χ3n) is 3.55. The first-order valence-electron chi connectivity index (χ1n) is 7.21. The van der Waals surface area contributed by atoms with Crippen molar-refractivity contribution in [1.82, 2.24) is 0 Å². The Morgan fingerprint density at radius 2 is 2.32 bits per heavy atom. The molecule has 1 unspecified atom stereocenters. The molecular weight excluding hydrogens is 303 g/mol. The molecule has 116 valence electrons. The number of carbonyl (C=O) groups is 1. The molecule has 1 amide bonds. The van der Waals surface area contributed by atoms with Crippen LogP contribution >= 0.6 is 11.3 Å². The zero-order chi connectivity index (χ0) is 15.4. The highest BCUT2D eigenvalue weighted by Crippen LogP contribution is 2.21. The van der Waals surface area contributed by atoms with Crippen LogP contribution in [0, 0.1) is 5.82 Å². The van der Waals surface area contributed by atoms with Crippen LogP contribution in [0.1, 0.15) is 23.2 Å². The first-order valence-corrected chi connectivity index (χ1v) is 8.15. The Kier molecular flexibility index (Phi) is 4.70. The molecule has 6 heteroatoms. The van der Waals surface area contributed by atoms with E-state index in [9.17, 15) is 9.18 Å². The van der Waals surface area contributed by atoms with Gasteiger partial charge in [0, 0.05) is 24.2 Å². The average molecular weight is 320 g/mol. The summed E-state index contributed by atoms with van der Waals surface area (Å²) < 4.78 is 19.6. The fraction of sp³-hybridized carbons (Fsp3) is 0.312. The van der Waals surface area contributed by atoms with E-state index in [-0.39, 0.29) is 17.8 Å². The molecule has 1 atom stereocenters. The minimum atomic E-state index is -0.388. The van der Waals surface area contributed by atoms with Crippen LogP contribution in [0.25, 0.3) is 0 Å². The molecule has 22 heavy (non-hydrogen) atoms. The number of halogens is 1. The average Bonchev–Trinajstić information content (AvgIpc) is 3.20. The second-order valence-corrected chi connectivity index (χ2v) is 5.96. The number of nitrogens with one attached hydrogen (secondary N) is 2. The van der Waals surface area contributed by atoms with Crippen molar-refractivity contribution < 1.29 is 13.9 Å². The summed E-state index contributed by atoms with van der Waals surface area (Å²) in [6.45, 7) is 1.37. The second-order valence-electron chi connectivity index (χ2n) is 5.18. The lowest BCUT2D eigenvalue weighted by Gasteiger charge is -2.13. The molecule has 1 aromatic carbocycles. The van der Waals surface area contributed by atoms with Crippen LogP contribution in [-0.4, -0.2) is 25.2 Å². The smallest absolute Gasteiger partial charge is 0.256 e. The molecule has 1 fully saturated rings. The molecule has 1 aliphatic rings. The van der Waals surface area contributed by atoms with Crippen LogP contribution in [0.2, 0.25) is 0 Å². The highest BCUT2D eigenvalue weighted by Gasteiger charge is 2.16. The molecule has 0 bridgehead atoms. The molecule has 2 aromatic rings. The Morgan fingerprint density at radius 1 is 1.41 bits per heavy atom. The van der Waals surface area contributed by atoms with Crippen LogP contribution in [-0.2, 0) is 4.74 Å². The van der Waals surface area contributed by atoms with Crippen LogP contribution < -0.4 is 10.6 Å². The monoisotopic (exact) mass is 320 g/mol. The third-order valence-corrected chi connectivity index (χ3v) is 4.24. The van der Waals surface area contributed by atoms with Crippen molar-refractivity contribution in [2.24, 2.45) is 0 Å². The SMILES string of the molecule is O=C(Nc1ccc(NCC2CCCO2)c(F)c1)c1ccsc1. The van der Waals surface area contributed by atoms with Gasteiger partial charge < -0.3 is 15.4 Å². The van der Waals surface area contributed by atoms with E-state index in [2.05, 4.69) is 10.6 Å². The Balaban J connectivity index is 1.60. The Bertz CT molecular complexity index is 640. The minimum Gasteiger partial charge on any atom is -0.380 e. The number of rotatable bonds is 5. The summed E-state index contributed by atoms with van der Waals surface area (Å²) in [5, 5.41) is 9.32. The topological polar surface area (TPSA) is 50.4 Å². The number of hydrogen-bond acceptors (Lipinski definition) is 4. The maximum atomic E-state index is 14.1. The summed E-state index contributed by atoms with van der Waals surface area (Å²) in [6, 6.07) is 6.37. The van der Waals surface area contributed by atoms with Gasteiger partial charge in [0.05, 0.1) is 17.4 Å². The van der Waals surface area contributed by atoms with Crippen LogP contribution in [0.3, 0.4) is 0 Å². The quantitative estimate of drug-likeness (QED) is 0.882. The molecule has 0 aliphatic carbocycles. The second kappa shape index (κ2) is 6.89. The molecule has 1 saturated heterocycles. The number of benzene rings is 1. The third kappa shape index (κ3) is 3.64. The van der Waals surface area contributed by atoms with Crippen LogP contribution in [0.15, 0.2) is 35.0 Å². The predicted molar refractivity (Wildman–Crippen MR) is 86.1 cm³/mol. The Labute approximate surface area is 132 Å². The van der Waals surface area contributed by atoms with E-state index in [4.69, 9.17) is 4.74 Å². The fourth-order valence-corrected chi connectivity index (χ4v) is 3.00. The highest BCUT2D eigenvalue weighted by atomic mass is 32.1. The molecule has 0 radical (unpaired) electrons. The van der Waals surface area contributed by atoms with Crippen LogP contribution in [0.5, 0.6) is 0 Å². The van der Waals surface area contributed by atoms with Crippen molar-refractivity contribution in [3.63, 3.8) is 0 Å². The molecule has 2 N–H and O–H groups in total. The lowest BCUT2D eigenvalue weighted by atomic mass is 10.2. The van der Waals surface area contributed by atoms with Gasteiger partial charge in [-0.1, -0.05) is 0 Å². The maximum Gasteiger partial charge on any atom is 0.256 e. The zero-order valence-electron chi connectivity index (χ0n) is 12.0. The Hall–Kier alpha value is -1.92. The van der Waals surface area contributed by atoms with E-state index in [0.717, 1.165) is 19.4 Å². The highest BCUT2D eigenvalue weighted by molar-refractivity contribution is 7.08. The maximum absolute atomic E-state index is 14.1. The molecule has 2 heterocycles. The van der Waals surface area contributed by atoms with Crippen molar-refractivity contribution >= 4 is 28.6 Å². The zero-order valence-corrected chi connectivity index (χ0v) is 12.8. The van der Waals surface area contributed by atoms with E-state index in [1.165, 1.54) is 17.4 Å².